The van der Waals surface area contributed by atoms with Crippen LogP contribution in [0.2, 0.25) is 15.2 Å². The first-order valence-electron chi connectivity index (χ1n) is 8.72. The molecule has 0 atom stereocenters. The van der Waals surface area contributed by atoms with Crippen LogP contribution in [0, 0.1) is 0 Å². The van der Waals surface area contributed by atoms with Gasteiger partial charge >= 0.3 is 0 Å². The van der Waals surface area contributed by atoms with Crippen molar-refractivity contribution in [3.05, 3.63) is 56.7 Å². The van der Waals surface area contributed by atoms with Crippen LogP contribution < -0.4 is 5.32 Å². The monoisotopic (exact) mass is 470 g/mol. The molecule has 10 heteroatoms. The molecule has 2 heterocycles. The molecule has 0 aliphatic rings. The molecule has 0 unspecified atom stereocenters. The standard InChI is InChI=1S/C19H17Cl3N4O2S/c1-2-7-25(11-16(27)23-14-10-12(20)3-4-13(14)21)17(28)6-5-15-18(22)24-19-26(15)8-9-29-19/h3-6,8-10H,2,7,11H2,1H3,(H,23,27)/b6-5+. The lowest BCUT2D eigenvalue weighted by atomic mass is 10.3. The molecule has 29 heavy (non-hydrogen) atoms. The van der Waals surface area contributed by atoms with Gasteiger partial charge in [0, 0.05) is 29.2 Å². The number of anilines is 1. The number of carbonyl (C=O) groups excluding carboxylic acids is 2. The van der Waals surface area contributed by atoms with E-state index in [0.717, 1.165) is 4.96 Å². The predicted octanol–water partition coefficient (Wildman–Crippen LogP) is 5.25. The highest BCUT2D eigenvalue weighted by atomic mass is 35.5. The van der Waals surface area contributed by atoms with E-state index in [9.17, 15) is 9.59 Å². The largest absolute Gasteiger partial charge is 0.330 e. The van der Waals surface area contributed by atoms with Gasteiger partial charge in [-0.25, -0.2) is 4.98 Å². The summed E-state index contributed by atoms with van der Waals surface area (Å²) >= 11 is 19.6. The quantitative estimate of drug-likeness (QED) is 0.479. The van der Waals surface area contributed by atoms with Gasteiger partial charge in [-0.3, -0.25) is 14.0 Å². The maximum absolute atomic E-state index is 12.7. The Morgan fingerprint density at radius 1 is 1.31 bits per heavy atom. The number of hydrogen-bond acceptors (Lipinski definition) is 4. The Hall–Kier alpha value is -2.06. The van der Waals surface area contributed by atoms with Gasteiger partial charge in [0.05, 0.1) is 16.4 Å². The summed E-state index contributed by atoms with van der Waals surface area (Å²) in [4.78, 5) is 31.5. The Labute approximate surface area is 186 Å². The molecule has 0 aliphatic carbocycles. The Morgan fingerprint density at radius 3 is 2.86 bits per heavy atom. The first kappa shape index (κ1) is 21.6. The Kier molecular flexibility index (Phi) is 7.18. The number of hydrogen-bond donors (Lipinski definition) is 1. The van der Waals surface area contributed by atoms with Crippen LogP contribution in [0.15, 0.2) is 35.9 Å². The molecule has 1 aromatic carbocycles. The van der Waals surface area contributed by atoms with Crippen molar-refractivity contribution in [1.29, 1.82) is 0 Å². The highest BCUT2D eigenvalue weighted by Crippen LogP contribution is 2.25. The van der Waals surface area contributed by atoms with Crippen LogP contribution in [-0.2, 0) is 9.59 Å². The van der Waals surface area contributed by atoms with Gasteiger partial charge in [0.25, 0.3) is 0 Å². The third-order valence-corrected chi connectivity index (χ3v) is 5.58. The summed E-state index contributed by atoms with van der Waals surface area (Å²) in [5, 5.41) is 5.70. The molecule has 0 bridgehead atoms. The van der Waals surface area contributed by atoms with Gasteiger partial charge in [-0.15, -0.1) is 11.3 Å². The number of imidazole rings is 1. The second-order valence-corrected chi connectivity index (χ2v) is 8.18. The lowest BCUT2D eigenvalue weighted by Gasteiger charge is -2.20. The fourth-order valence-electron chi connectivity index (χ4n) is 2.68. The summed E-state index contributed by atoms with van der Waals surface area (Å²) in [7, 11) is 0. The summed E-state index contributed by atoms with van der Waals surface area (Å²) in [6.45, 7) is 2.24. The number of benzene rings is 1. The molecule has 0 spiro atoms. The van der Waals surface area contributed by atoms with E-state index in [4.69, 9.17) is 34.8 Å². The number of nitrogens with one attached hydrogen (secondary N) is 1. The van der Waals surface area contributed by atoms with Gasteiger partial charge in [-0.05, 0) is 30.7 Å². The molecule has 3 rings (SSSR count). The molecule has 0 saturated carbocycles. The minimum Gasteiger partial charge on any atom is -0.330 e. The first-order chi connectivity index (χ1) is 13.9. The summed E-state index contributed by atoms with van der Waals surface area (Å²) in [5.41, 5.74) is 1.01. The third-order valence-electron chi connectivity index (χ3n) is 3.98. The molecular weight excluding hydrogens is 455 g/mol. The number of aromatic nitrogens is 2. The second kappa shape index (κ2) is 9.63. The van der Waals surface area contributed by atoms with Crippen molar-refractivity contribution < 1.29 is 9.59 Å². The van der Waals surface area contributed by atoms with E-state index in [1.807, 2.05) is 18.5 Å². The van der Waals surface area contributed by atoms with Crippen molar-refractivity contribution in [2.24, 2.45) is 0 Å². The smallest absolute Gasteiger partial charge is 0.247 e. The van der Waals surface area contributed by atoms with E-state index in [1.54, 1.807) is 28.7 Å². The summed E-state index contributed by atoms with van der Waals surface area (Å²) < 4.78 is 1.80. The molecule has 0 saturated heterocycles. The molecular formula is C19H17Cl3N4O2S. The Bertz CT molecular complexity index is 1080. The van der Waals surface area contributed by atoms with Gasteiger partial charge < -0.3 is 10.2 Å². The van der Waals surface area contributed by atoms with E-state index in [2.05, 4.69) is 10.3 Å². The highest BCUT2D eigenvalue weighted by Gasteiger charge is 2.16. The van der Waals surface area contributed by atoms with Crippen LogP contribution in [-0.4, -0.2) is 39.2 Å². The first-order valence-corrected chi connectivity index (χ1v) is 10.7. The maximum atomic E-state index is 12.7. The second-order valence-electron chi connectivity index (χ2n) is 6.11. The zero-order valence-corrected chi connectivity index (χ0v) is 18.4. The average molecular weight is 472 g/mol. The van der Waals surface area contributed by atoms with Crippen LogP contribution in [0.4, 0.5) is 5.69 Å². The van der Waals surface area contributed by atoms with Crippen LogP contribution in [0.3, 0.4) is 0 Å². The van der Waals surface area contributed by atoms with E-state index in [0.29, 0.717) is 39.5 Å². The Morgan fingerprint density at radius 2 is 2.10 bits per heavy atom. The fourth-order valence-corrected chi connectivity index (χ4v) is 4.02. The molecule has 1 N–H and O–H groups in total. The summed E-state index contributed by atoms with van der Waals surface area (Å²) in [6, 6.07) is 4.78. The number of nitrogens with zero attached hydrogens (tertiary/aromatic N) is 3. The molecule has 0 aliphatic heterocycles. The van der Waals surface area contributed by atoms with E-state index < -0.39 is 0 Å². The number of thiazole rings is 1. The fraction of sp³-hybridized carbons (Fsp3) is 0.211. The van der Waals surface area contributed by atoms with Gasteiger partial charge in [-0.1, -0.05) is 41.7 Å². The van der Waals surface area contributed by atoms with Gasteiger partial charge in [-0.2, -0.15) is 0 Å². The number of amides is 2. The number of rotatable bonds is 7. The summed E-state index contributed by atoms with van der Waals surface area (Å²) in [5.74, 6) is -0.674. The van der Waals surface area contributed by atoms with Crippen LogP contribution in [0.5, 0.6) is 0 Å². The molecule has 0 radical (unpaired) electrons. The molecule has 0 fully saturated rings. The van der Waals surface area contributed by atoms with E-state index >= 15 is 0 Å². The van der Waals surface area contributed by atoms with Crippen molar-refractivity contribution >= 4 is 74.7 Å². The average Bonchev–Trinajstić information content (AvgIpc) is 3.23. The zero-order chi connectivity index (χ0) is 21.0. The number of halogens is 3. The minimum absolute atomic E-state index is 0.117. The normalized spacial score (nSPS) is 11.3. The van der Waals surface area contributed by atoms with Gasteiger partial charge in [0.1, 0.15) is 6.54 Å². The van der Waals surface area contributed by atoms with E-state index in [1.165, 1.54) is 22.3 Å². The van der Waals surface area contributed by atoms with Gasteiger partial charge in [0.2, 0.25) is 11.8 Å². The lowest BCUT2D eigenvalue weighted by Crippen LogP contribution is -2.37. The molecule has 2 amide bonds. The van der Waals surface area contributed by atoms with Crippen molar-refractivity contribution in [3.8, 4) is 0 Å². The van der Waals surface area contributed by atoms with Crippen LogP contribution in [0.1, 0.15) is 19.0 Å². The maximum Gasteiger partial charge on any atom is 0.247 e. The zero-order valence-electron chi connectivity index (χ0n) is 15.4. The van der Waals surface area contributed by atoms with Gasteiger partial charge in [0.15, 0.2) is 10.1 Å². The molecule has 3 aromatic rings. The minimum atomic E-state index is -0.369. The molecule has 2 aromatic heterocycles. The van der Waals surface area contributed by atoms with Crippen LogP contribution >= 0.6 is 46.1 Å². The van der Waals surface area contributed by atoms with Crippen molar-refractivity contribution in [1.82, 2.24) is 14.3 Å². The SMILES string of the molecule is CCCN(CC(=O)Nc1cc(Cl)ccc1Cl)C(=O)/C=C/c1c(Cl)nc2sccn12. The number of fused-ring (bicyclic) bond motifs is 1. The van der Waals surface area contributed by atoms with Crippen molar-refractivity contribution in [3.63, 3.8) is 0 Å². The highest BCUT2D eigenvalue weighted by molar-refractivity contribution is 7.15. The molecule has 6 nitrogen and oxygen atoms in total. The Balaban J connectivity index is 1.70. The lowest BCUT2D eigenvalue weighted by molar-refractivity contribution is -0.130. The van der Waals surface area contributed by atoms with Crippen LogP contribution in [0.25, 0.3) is 11.0 Å². The predicted molar refractivity (Wildman–Crippen MR) is 119 cm³/mol. The number of carbonyl (C=O) groups is 2. The molecule has 152 valence electrons. The van der Waals surface area contributed by atoms with Crippen molar-refractivity contribution in [2.45, 2.75) is 13.3 Å². The summed E-state index contributed by atoms with van der Waals surface area (Å²) in [6.07, 6.45) is 5.52. The van der Waals surface area contributed by atoms with Crippen molar-refractivity contribution in [2.75, 3.05) is 18.4 Å². The third kappa shape index (κ3) is 5.30. The van der Waals surface area contributed by atoms with E-state index in [-0.39, 0.29) is 18.4 Å². The topological polar surface area (TPSA) is 66.7 Å².